The number of amides is 2. The van der Waals surface area contributed by atoms with Gasteiger partial charge in [-0.1, -0.05) is 64.6 Å². The van der Waals surface area contributed by atoms with Crippen LogP contribution < -0.4 is 0 Å². The predicted molar refractivity (Wildman–Crippen MR) is 117 cm³/mol. The molecule has 2 heterocycles. The van der Waals surface area contributed by atoms with Crippen molar-refractivity contribution in [3.05, 3.63) is 67.2 Å². The summed E-state index contributed by atoms with van der Waals surface area (Å²) in [4.78, 5) is 32.5. The van der Waals surface area contributed by atoms with Crippen LogP contribution in [0.25, 0.3) is 10.9 Å². The Hall–Kier alpha value is -1.76. The van der Waals surface area contributed by atoms with Crippen molar-refractivity contribution >= 4 is 69.1 Å². The number of hydrogen-bond acceptors (Lipinski definition) is 3. The molecule has 2 aromatic carbocycles. The van der Waals surface area contributed by atoms with Gasteiger partial charge in [-0.25, -0.2) is 0 Å². The van der Waals surface area contributed by atoms with E-state index in [9.17, 15) is 9.59 Å². The van der Waals surface area contributed by atoms with Gasteiger partial charge in [0.1, 0.15) is 0 Å². The number of likely N-dealkylation sites (N-methyl/N-ethyl adjacent to an activating group) is 1. The average Bonchev–Trinajstić information content (AvgIpc) is 3.22. The summed E-state index contributed by atoms with van der Waals surface area (Å²) in [6.45, 7) is 0.114. The van der Waals surface area contributed by atoms with Gasteiger partial charge >= 0.3 is 0 Å². The first kappa shape index (κ1) is 20.5. The van der Waals surface area contributed by atoms with Crippen molar-refractivity contribution in [1.29, 1.82) is 0 Å². The van der Waals surface area contributed by atoms with Gasteiger partial charge in [0.05, 0.1) is 37.3 Å². The lowest BCUT2D eigenvalue weighted by molar-refractivity contribution is 0.0612. The van der Waals surface area contributed by atoms with Crippen LogP contribution in [-0.4, -0.2) is 47.2 Å². The molecule has 0 aliphatic carbocycles. The second-order valence-corrected chi connectivity index (χ2v) is 8.51. The van der Waals surface area contributed by atoms with Crippen LogP contribution in [0.4, 0.5) is 0 Å². The molecule has 5 nitrogen and oxygen atoms in total. The summed E-state index contributed by atoms with van der Waals surface area (Å²) in [5.41, 5.74) is 1.93. The number of fused-ring (bicyclic) bond motifs is 2. The minimum absolute atomic E-state index is 0.00694. The lowest BCUT2D eigenvalue weighted by Gasteiger charge is -2.28. The number of aromatic nitrogens is 1. The molecule has 0 bridgehead atoms. The molecule has 3 aromatic rings. The molecule has 0 fully saturated rings. The van der Waals surface area contributed by atoms with E-state index in [1.165, 1.54) is 0 Å². The maximum atomic E-state index is 13.1. The maximum Gasteiger partial charge on any atom is 0.263 e. The van der Waals surface area contributed by atoms with E-state index in [1.54, 1.807) is 0 Å². The van der Waals surface area contributed by atoms with Gasteiger partial charge in [-0.15, -0.1) is 0 Å². The van der Waals surface area contributed by atoms with Crippen LogP contribution >= 0.6 is 46.4 Å². The smallest absolute Gasteiger partial charge is 0.263 e. The number of hydrogen-bond donors (Lipinski definition) is 1. The van der Waals surface area contributed by atoms with Crippen LogP contribution in [0, 0.1) is 0 Å². The molecule has 4 rings (SSSR count). The Morgan fingerprint density at radius 3 is 2.03 bits per heavy atom. The van der Waals surface area contributed by atoms with Crippen molar-refractivity contribution in [3.8, 4) is 0 Å². The van der Waals surface area contributed by atoms with Crippen molar-refractivity contribution < 1.29 is 9.59 Å². The number of nitrogens with zero attached hydrogens (tertiary/aromatic N) is 2. The van der Waals surface area contributed by atoms with Gasteiger partial charge in [0, 0.05) is 23.6 Å². The topological polar surface area (TPSA) is 56.4 Å². The highest BCUT2D eigenvalue weighted by Crippen LogP contribution is 2.45. The summed E-state index contributed by atoms with van der Waals surface area (Å²) in [7, 11) is 3.77. The molecule has 1 aliphatic rings. The molecule has 0 unspecified atom stereocenters. The third-order valence-corrected chi connectivity index (χ3v) is 6.95. The molecule has 0 saturated heterocycles. The third kappa shape index (κ3) is 3.13. The van der Waals surface area contributed by atoms with Crippen molar-refractivity contribution in [3.63, 3.8) is 0 Å². The average molecular weight is 471 g/mol. The van der Waals surface area contributed by atoms with Crippen molar-refractivity contribution in [2.75, 3.05) is 20.6 Å². The molecular formula is C20H15Cl4N3O2. The number of rotatable bonds is 4. The van der Waals surface area contributed by atoms with E-state index in [2.05, 4.69) is 4.98 Å². The van der Waals surface area contributed by atoms with E-state index in [0.29, 0.717) is 0 Å². The van der Waals surface area contributed by atoms with Crippen molar-refractivity contribution in [2.24, 2.45) is 0 Å². The number of carbonyl (C=O) groups is 2. The zero-order valence-corrected chi connectivity index (χ0v) is 18.4. The lowest BCUT2D eigenvalue weighted by atomic mass is 10.0. The Bertz CT molecular complexity index is 1130. The van der Waals surface area contributed by atoms with Gasteiger partial charge in [0.15, 0.2) is 0 Å². The largest absolute Gasteiger partial charge is 0.361 e. The highest BCUT2D eigenvalue weighted by Gasteiger charge is 2.42. The number of H-pyrrole nitrogens is 1. The van der Waals surface area contributed by atoms with E-state index in [4.69, 9.17) is 46.4 Å². The lowest BCUT2D eigenvalue weighted by Crippen LogP contribution is -2.38. The van der Waals surface area contributed by atoms with E-state index >= 15 is 0 Å². The highest BCUT2D eigenvalue weighted by atomic mass is 35.5. The molecule has 1 N–H and O–H groups in total. The van der Waals surface area contributed by atoms with Crippen LogP contribution in [0.2, 0.25) is 20.1 Å². The number of para-hydroxylation sites is 1. The molecule has 0 saturated carbocycles. The zero-order chi connectivity index (χ0) is 21.0. The van der Waals surface area contributed by atoms with Crippen LogP contribution in [0.3, 0.4) is 0 Å². The molecule has 1 aromatic heterocycles. The summed E-state index contributed by atoms with van der Waals surface area (Å²) in [5, 5.41) is 0.808. The monoisotopic (exact) mass is 469 g/mol. The molecule has 1 aliphatic heterocycles. The number of aromatic amines is 1. The van der Waals surface area contributed by atoms with Crippen LogP contribution in [-0.2, 0) is 0 Å². The van der Waals surface area contributed by atoms with Gasteiger partial charge in [-0.2, -0.15) is 0 Å². The first-order chi connectivity index (χ1) is 13.7. The van der Waals surface area contributed by atoms with Gasteiger partial charge in [-0.3, -0.25) is 14.5 Å². The third-order valence-electron chi connectivity index (χ3n) is 5.14. The first-order valence-electron chi connectivity index (χ1n) is 8.68. The second kappa shape index (κ2) is 7.49. The number of nitrogens with one attached hydrogen (secondary N) is 1. The summed E-state index contributed by atoms with van der Waals surface area (Å²) >= 11 is 24.6. The van der Waals surface area contributed by atoms with Gasteiger partial charge in [0.25, 0.3) is 11.8 Å². The quantitative estimate of drug-likeness (QED) is 0.303. The minimum Gasteiger partial charge on any atom is -0.361 e. The van der Waals surface area contributed by atoms with Gasteiger partial charge in [0.2, 0.25) is 0 Å². The van der Waals surface area contributed by atoms with E-state index in [-0.39, 0.29) is 43.8 Å². The fraction of sp³-hybridized carbons (Fsp3) is 0.200. The Morgan fingerprint density at radius 1 is 0.931 bits per heavy atom. The standard InChI is InChI=1S/C20H15Cl4N3O2/c1-26(2)12(10-7-25-11-6-4-3-5-9(10)11)8-27-19(28)13-14(20(27)29)16(22)18(24)17(23)15(13)21/h3-7,12,25H,8H2,1-2H3/t12-/m0/s1. The van der Waals surface area contributed by atoms with Crippen molar-refractivity contribution in [2.45, 2.75) is 6.04 Å². The fourth-order valence-electron chi connectivity index (χ4n) is 3.64. The fourth-order valence-corrected chi connectivity index (χ4v) is 4.66. The Morgan fingerprint density at radius 2 is 1.48 bits per heavy atom. The first-order valence-corrected chi connectivity index (χ1v) is 10.2. The summed E-state index contributed by atoms with van der Waals surface area (Å²) in [5.74, 6) is -1.08. The Labute approximate surface area is 187 Å². The molecule has 9 heteroatoms. The number of imide groups is 1. The minimum atomic E-state index is -0.540. The van der Waals surface area contributed by atoms with Crippen LogP contribution in [0.5, 0.6) is 0 Å². The summed E-state index contributed by atoms with van der Waals surface area (Å²) in [6, 6.07) is 7.59. The molecule has 0 spiro atoms. The van der Waals surface area contributed by atoms with Gasteiger partial charge < -0.3 is 9.88 Å². The molecule has 0 radical (unpaired) electrons. The number of carbonyl (C=O) groups excluding carboxylic acids is 2. The molecule has 2 amide bonds. The van der Waals surface area contributed by atoms with E-state index < -0.39 is 11.8 Å². The van der Waals surface area contributed by atoms with Crippen LogP contribution in [0.1, 0.15) is 32.3 Å². The molecule has 150 valence electrons. The maximum absolute atomic E-state index is 13.1. The normalized spacial score (nSPS) is 14.9. The van der Waals surface area contributed by atoms with Gasteiger partial charge in [-0.05, 0) is 25.7 Å². The predicted octanol–water partition coefficient (Wildman–Crippen LogP) is 5.68. The SMILES string of the molecule is CN(C)[C@@H](CN1C(=O)c2c(Cl)c(Cl)c(Cl)c(Cl)c2C1=O)c1c[nH]c2ccccc12. The number of halogens is 4. The van der Waals surface area contributed by atoms with Crippen molar-refractivity contribution in [1.82, 2.24) is 14.8 Å². The highest BCUT2D eigenvalue weighted by molar-refractivity contribution is 6.55. The summed E-state index contributed by atoms with van der Waals surface area (Å²) in [6.07, 6.45) is 1.89. The van der Waals surface area contributed by atoms with Crippen LogP contribution in [0.15, 0.2) is 30.5 Å². The summed E-state index contributed by atoms with van der Waals surface area (Å²) < 4.78 is 0. The number of benzene rings is 2. The second-order valence-electron chi connectivity index (χ2n) is 7.00. The molecular weight excluding hydrogens is 456 g/mol. The van der Waals surface area contributed by atoms with E-state index in [1.807, 2.05) is 49.5 Å². The zero-order valence-electron chi connectivity index (χ0n) is 15.4. The Balaban J connectivity index is 1.77. The Kier molecular flexibility index (Phi) is 5.30. The van der Waals surface area contributed by atoms with E-state index in [0.717, 1.165) is 21.4 Å². The molecule has 1 atom stereocenters. The molecule has 29 heavy (non-hydrogen) atoms.